The average Bonchev–Trinajstić information content (AvgIpc) is 2.36. The topological polar surface area (TPSA) is 81.5 Å². The fourth-order valence-electron chi connectivity index (χ4n) is 1.45. The summed E-state index contributed by atoms with van der Waals surface area (Å²) in [4.78, 5) is 20.6. The molecule has 1 aromatic carbocycles. The molecule has 0 aliphatic heterocycles. The van der Waals surface area contributed by atoms with Crippen LogP contribution in [0.4, 0.5) is 18.9 Å². The lowest BCUT2D eigenvalue weighted by Gasteiger charge is -2.08. The highest BCUT2D eigenvalue weighted by Crippen LogP contribution is 2.27. The van der Waals surface area contributed by atoms with Crippen molar-refractivity contribution in [1.82, 2.24) is 5.32 Å². The van der Waals surface area contributed by atoms with Gasteiger partial charge in [-0.2, -0.15) is 13.2 Å². The summed E-state index contributed by atoms with van der Waals surface area (Å²) in [7, 11) is 1.25. The number of nitro benzene ring substituents is 1. The number of hydrogen-bond acceptors (Lipinski definition) is 4. The van der Waals surface area contributed by atoms with Crippen molar-refractivity contribution in [3.8, 4) is 5.75 Å². The number of hydrogen-bond donors (Lipinski definition) is 1. The molecule has 0 spiro atoms. The minimum absolute atomic E-state index is 0.00893. The van der Waals surface area contributed by atoms with Crippen LogP contribution in [-0.4, -0.2) is 30.7 Å². The molecule has 0 saturated carbocycles. The van der Waals surface area contributed by atoms with Gasteiger partial charge in [0.05, 0.1) is 12.0 Å². The molecule has 0 aliphatic carbocycles. The normalized spacial score (nSPS) is 11.0. The molecule has 1 amide bonds. The second kappa shape index (κ2) is 6.22. The van der Waals surface area contributed by atoms with Crippen LogP contribution < -0.4 is 10.1 Å². The molecular weight excluding hydrogens is 281 g/mol. The van der Waals surface area contributed by atoms with Crippen molar-refractivity contribution in [2.24, 2.45) is 0 Å². The van der Waals surface area contributed by atoms with Gasteiger partial charge >= 0.3 is 17.8 Å². The van der Waals surface area contributed by atoms with Gasteiger partial charge in [0.25, 0.3) is 0 Å². The number of carbonyl (C=O) groups excluding carboxylic acids is 1. The number of carbonyl (C=O) groups is 1. The number of benzene rings is 1. The SMILES string of the molecule is COc1cc(CCNC(=O)C(F)(F)F)ccc1[N+](=O)[O-]. The highest BCUT2D eigenvalue weighted by Gasteiger charge is 2.38. The van der Waals surface area contributed by atoms with Crippen LogP contribution in [0.3, 0.4) is 0 Å². The first-order chi connectivity index (χ1) is 9.25. The molecule has 1 N–H and O–H groups in total. The third-order valence-electron chi connectivity index (χ3n) is 2.40. The highest BCUT2D eigenvalue weighted by molar-refractivity contribution is 5.81. The van der Waals surface area contributed by atoms with Gasteiger partial charge in [0.15, 0.2) is 5.75 Å². The van der Waals surface area contributed by atoms with Crippen LogP contribution in [0, 0.1) is 10.1 Å². The predicted octanol–water partition coefficient (Wildman–Crippen LogP) is 1.82. The van der Waals surface area contributed by atoms with Crippen molar-refractivity contribution in [1.29, 1.82) is 0 Å². The lowest BCUT2D eigenvalue weighted by molar-refractivity contribution is -0.385. The van der Waals surface area contributed by atoms with E-state index in [4.69, 9.17) is 4.74 Å². The average molecular weight is 292 g/mol. The summed E-state index contributed by atoms with van der Waals surface area (Å²) in [6.07, 6.45) is -4.83. The predicted molar refractivity (Wildman–Crippen MR) is 62.4 cm³/mol. The lowest BCUT2D eigenvalue weighted by Crippen LogP contribution is -2.37. The van der Waals surface area contributed by atoms with Gasteiger partial charge in [-0.05, 0) is 18.1 Å². The van der Waals surface area contributed by atoms with E-state index in [1.807, 2.05) is 0 Å². The zero-order valence-electron chi connectivity index (χ0n) is 10.4. The minimum atomic E-state index is -4.92. The Kier molecular flexibility index (Phi) is 4.89. The second-order valence-electron chi connectivity index (χ2n) is 3.77. The van der Waals surface area contributed by atoms with Crippen LogP contribution in [0.25, 0.3) is 0 Å². The summed E-state index contributed by atoms with van der Waals surface area (Å²) >= 11 is 0. The van der Waals surface area contributed by atoms with Gasteiger partial charge in [-0.1, -0.05) is 6.07 Å². The number of nitrogens with zero attached hydrogens (tertiary/aromatic N) is 1. The zero-order chi connectivity index (χ0) is 15.3. The van der Waals surface area contributed by atoms with E-state index >= 15 is 0 Å². The van der Waals surface area contributed by atoms with Gasteiger partial charge in [0.1, 0.15) is 0 Å². The van der Waals surface area contributed by atoms with Crippen LogP contribution >= 0.6 is 0 Å². The quantitative estimate of drug-likeness (QED) is 0.663. The standard InChI is InChI=1S/C11H11F3N2O4/c1-20-9-6-7(2-3-8(9)16(18)19)4-5-15-10(17)11(12,13)14/h2-3,6H,4-5H2,1H3,(H,15,17). The highest BCUT2D eigenvalue weighted by atomic mass is 19.4. The van der Waals surface area contributed by atoms with E-state index < -0.39 is 17.0 Å². The van der Waals surface area contributed by atoms with Crippen molar-refractivity contribution in [3.05, 3.63) is 33.9 Å². The van der Waals surface area contributed by atoms with Crippen molar-refractivity contribution < 1.29 is 27.6 Å². The van der Waals surface area contributed by atoms with Crippen molar-refractivity contribution in [2.75, 3.05) is 13.7 Å². The third-order valence-corrected chi connectivity index (χ3v) is 2.40. The van der Waals surface area contributed by atoms with Crippen LogP contribution in [-0.2, 0) is 11.2 Å². The second-order valence-corrected chi connectivity index (χ2v) is 3.77. The van der Waals surface area contributed by atoms with E-state index in [1.165, 1.54) is 25.3 Å². The maximum Gasteiger partial charge on any atom is 0.471 e. The number of halogens is 3. The molecule has 9 heteroatoms. The molecule has 1 aromatic rings. The Bertz CT molecular complexity index is 517. The number of amides is 1. The monoisotopic (exact) mass is 292 g/mol. The van der Waals surface area contributed by atoms with Gasteiger partial charge in [0.2, 0.25) is 0 Å². The Morgan fingerprint density at radius 1 is 1.45 bits per heavy atom. The number of nitrogens with one attached hydrogen (secondary N) is 1. The molecule has 0 atom stereocenters. The number of rotatable bonds is 5. The third kappa shape index (κ3) is 4.11. The Morgan fingerprint density at radius 2 is 2.10 bits per heavy atom. The molecule has 0 radical (unpaired) electrons. The smallest absolute Gasteiger partial charge is 0.471 e. The van der Waals surface area contributed by atoms with Crippen LogP contribution in [0.15, 0.2) is 18.2 Å². The summed E-state index contributed by atoms with van der Waals surface area (Å²) in [5, 5.41) is 12.4. The van der Waals surface area contributed by atoms with Gasteiger partial charge in [0, 0.05) is 12.6 Å². The molecular formula is C11H11F3N2O4. The van der Waals surface area contributed by atoms with Gasteiger partial charge in [-0.25, -0.2) is 0 Å². The molecule has 0 bridgehead atoms. The van der Waals surface area contributed by atoms with Crippen LogP contribution in [0.1, 0.15) is 5.56 Å². The van der Waals surface area contributed by atoms with E-state index in [0.29, 0.717) is 5.56 Å². The largest absolute Gasteiger partial charge is 0.490 e. The van der Waals surface area contributed by atoms with E-state index in [0.717, 1.165) is 0 Å². The molecule has 1 rings (SSSR count). The number of nitro groups is 1. The molecule has 0 unspecified atom stereocenters. The molecule has 20 heavy (non-hydrogen) atoms. The fourth-order valence-corrected chi connectivity index (χ4v) is 1.45. The Labute approximate surface area is 111 Å². The van der Waals surface area contributed by atoms with Crippen molar-refractivity contribution >= 4 is 11.6 Å². The number of methoxy groups -OCH3 is 1. The molecule has 110 valence electrons. The number of ether oxygens (including phenoxy) is 1. The van der Waals surface area contributed by atoms with Crippen LogP contribution in [0.2, 0.25) is 0 Å². The molecule has 0 aliphatic rings. The van der Waals surface area contributed by atoms with E-state index in [9.17, 15) is 28.1 Å². The van der Waals surface area contributed by atoms with Crippen molar-refractivity contribution in [3.63, 3.8) is 0 Å². The van der Waals surface area contributed by atoms with Gasteiger partial charge in [-0.3, -0.25) is 14.9 Å². The summed E-state index contributed by atoms with van der Waals surface area (Å²) in [5.74, 6) is -2.01. The van der Waals surface area contributed by atoms with Crippen LogP contribution in [0.5, 0.6) is 5.75 Å². The maximum absolute atomic E-state index is 11.9. The summed E-state index contributed by atoms with van der Waals surface area (Å²) in [6.45, 7) is -0.237. The molecule has 6 nitrogen and oxygen atoms in total. The van der Waals surface area contributed by atoms with E-state index in [-0.39, 0.29) is 24.4 Å². The number of alkyl halides is 3. The maximum atomic E-state index is 11.9. The minimum Gasteiger partial charge on any atom is -0.490 e. The summed E-state index contributed by atoms with van der Waals surface area (Å²) in [6, 6.07) is 3.93. The molecule has 0 fully saturated rings. The first-order valence-corrected chi connectivity index (χ1v) is 5.42. The molecule has 0 saturated heterocycles. The first-order valence-electron chi connectivity index (χ1n) is 5.42. The van der Waals surface area contributed by atoms with Gasteiger partial charge in [-0.15, -0.1) is 0 Å². The van der Waals surface area contributed by atoms with E-state index in [1.54, 1.807) is 5.32 Å². The molecule has 0 heterocycles. The lowest BCUT2D eigenvalue weighted by atomic mass is 10.1. The fraction of sp³-hybridized carbons (Fsp3) is 0.364. The molecule has 0 aromatic heterocycles. The zero-order valence-corrected chi connectivity index (χ0v) is 10.4. The Balaban J connectivity index is 2.66. The van der Waals surface area contributed by atoms with Crippen molar-refractivity contribution in [2.45, 2.75) is 12.6 Å². The first kappa shape index (κ1) is 15.7. The van der Waals surface area contributed by atoms with E-state index in [2.05, 4.69) is 0 Å². The summed E-state index contributed by atoms with van der Waals surface area (Å²) < 4.78 is 40.6. The van der Waals surface area contributed by atoms with Gasteiger partial charge < -0.3 is 10.1 Å². The Morgan fingerprint density at radius 3 is 2.60 bits per heavy atom. The summed E-state index contributed by atoms with van der Waals surface area (Å²) in [5.41, 5.74) is 0.269. The Hall–Kier alpha value is -2.32.